The Morgan fingerprint density at radius 1 is 1.19 bits per heavy atom. The zero-order valence-corrected chi connectivity index (χ0v) is 12.3. The van der Waals surface area contributed by atoms with E-state index >= 15 is 0 Å². The van der Waals surface area contributed by atoms with Crippen LogP contribution in [0.3, 0.4) is 0 Å². The number of hydrogen-bond donors (Lipinski definition) is 1. The van der Waals surface area contributed by atoms with Crippen molar-refractivity contribution >= 4 is 5.82 Å². The van der Waals surface area contributed by atoms with Crippen molar-refractivity contribution in [3.63, 3.8) is 0 Å². The lowest BCUT2D eigenvalue weighted by Crippen LogP contribution is -2.54. The summed E-state index contributed by atoms with van der Waals surface area (Å²) in [7, 11) is 0. The molecule has 0 spiro atoms. The minimum atomic E-state index is -0.162. The molecule has 0 radical (unpaired) electrons. The van der Waals surface area contributed by atoms with E-state index in [1.54, 1.807) is 12.3 Å². The quantitative estimate of drug-likeness (QED) is 0.890. The minimum absolute atomic E-state index is 0.162. The first kappa shape index (κ1) is 14.3. The minimum Gasteiger partial charge on any atom is -0.391 e. The van der Waals surface area contributed by atoms with Gasteiger partial charge in [0.15, 0.2) is 0 Å². The zero-order chi connectivity index (χ0) is 14.7. The van der Waals surface area contributed by atoms with Crippen LogP contribution >= 0.6 is 0 Å². The lowest BCUT2D eigenvalue weighted by molar-refractivity contribution is 0.0172. The molecule has 0 aromatic carbocycles. The fourth-order valence-corrected chi connectivity index (χ4v) is 3.46. The van der Waals surface area contributed by atoms with Gasteiger partial charge in [-0.3, -0.25) is 4.90 Å². The number of hydrogen-bond acceptors (Lipinski definition) is 5. The van der Waals surface area contributed by atoms with E-state index in [1.807, 2.05) is 6.07 Å². The highest BCUT2D eigenvalue weighted by atomic mass is 16.3. The first-order chi connectivity index (χ1) is 10.3. The van der Waals surface area contributed by atoms with Crippen LogP contribution in [0.4, 0.5) is 5.82 Å². The predicted molar refractivity (Wildman–Crippen MR) is 81.0 cm³/mol. The summed E-state index contributed by atoms with van der Waals surface area (Å²) in [6, 6.07) is 6.08. The molecule has 112 valence electrons. The van der Waals surface area contributed by atoms with Crippen LogP contribution < -0.4 is 4.90 Å². The summed E-state index contributed by atoms with van der Waals surface area (Å²) < 4.78 is 0. The normalized spacial score (nSPS) is 27.3. The topological polar surface area (TPSA) is 63.4 Å². The molecular formula is C16H22N4O. The molecule has 1 aliphatic carbocycles. The number of anilines is 1. The van der Waals surface area contributed by atoms with Crippen molar-refractivity contribution in [3.8, 4) is 6.07 Å². The van der Waals surface area contributed by atoms with Gasteiger partial charge in [-0.1, -0.05) is 12.8 Å². The summed E-state index contributed by atoms with van der Waals surface area (Å²) in [6.07, 6.45) is 5.98. The summed E-state index contributed by atoms with van der Waals surface area (Å²) in [5, 5.41) is 19.1. The number of pyridine rings is 1. The fourth-order valence-electron chi connectivity index (χ4n) is 3.46. The van der Waals surface area contributed by atoms with E-state index in [2.05, 4.69) is 20.9 Å². The van der Waals surface area contributed by atoms with Crippen LogP contribution in [0.1, 0.15) is 31.2 Å². The van der Waals surface area contributed by atoms with Crippen LogP contribution in [0.5, 0.6) is 0 Å². The summed E-state index contributed by atoms with van der Waals surface area (Å²) in [6.45, 7) is 3.73. The van der Waals surface area contributed by atoms with E-state index in [0.717, 1.165) is 51.3 Å². The van der Waals surface area contributed by atoms with E-state index in [-0.39, 0.29) is 6.10 Å². The molecule has 0 bridgehead atoms. The Hall–Kier alpha value is -1.64. The smallest absolute Gasteiger partial charge is 0.129 e. The Labute approximate surface area is 125 Å². The van der Waals surface area contributed by atoms with Gasteiger partial charge in [-0.25, -0.2) is 4.98 Å². The molecule has 1 saturated heterocycles. The third-order valence-corrected chi connectivity index (χ3v) is 4.68. The number of aromatic nitrogens is 1. The molecular weight excluding hydrogens is 264 g/mol. The standard InChI is InChI=1S/C16H22N4O/c17-12-13-5-6-18-16(11-13)20-9-7-19(8-10-20)14-3-1-2-4-15(14)21/h5-6,11,14-15,21H,1-4,7-10H2/t14-,15+/m1/s1. The lowest BCUT2D eigenvalue weighted by atomic mass is 9.91. The summed E-state index contributed by atoms with van der Waals surface area (Å²) in [5.74, 6) is 0.887. The van der Waals surface area contributed by atoms with Gasteiger partial charge in [0.2, 0.25) is 0 Å². The Kier molecular flexibility index (Phi) is 4.37. The molecule has 1 saturated carbocycles. The van der Waals surface area contributed by atoms with E-state index < -0.39 is 0 Å². The van der Waals surface area contributed by atoms with Crippen molar-refractivity contribution in [3.05, 3.63) is 23.9 Å². The molecule has 5 nitrogen and oxygen atoms in total. The summed E-state index contributed by atoms with van der Waals surface area (Å²) >= 11 is 0. The molecule has 2 aliphatic rings. The third-order valence-electron chi connectivity index (χ3n) is 4.68. The number of piperazine rings is 1. The molecule has 2 atom stereocenters. The summed E-state index contributed by atoms with van der Waals surface area (Å²) in [5.41, 5.74) is 0.658. The van der Waals surface area contributed by atoms with E-state index in [4.69, 9.17) is 5.26 Å². The van der Waals surface area contributed by atoms with Crippen molar-refractivity contribution in [1.29, 1.82) is 5.26 Å². The van der Waals surface area contributed by atoms with Gasteiger partial charge in [0.25, 0.3) is 0 Å². The second-order valence-corrected chi connectivity index (χ2v) is 5.96. The number of nitriles is 1. The summed E-state index contributed by atoms with van der Waals surface area (Å²) in [4.78, 5) is 9.02. The number of aliphatic hydroxyl groups excluding tert-OH is 1. The molecule has 5 heteroatoms. The van der Waals surface area contributed by atoms with Gasteiger partial charge in [-0.2, -0.15) is 5.26 Å². The SMILES string of the molecule is N#Cc1ccnc(N2CCN([C@@H]3CCCC[C@@H]3O)CC2)c1. The molecule has 1 N–H and O–H groups in total. The highest BCUT2D eigenvalue weighted by Crippen LogP contribution is 2.25. The number of aliphatic hydroxyl groups is 1. The average molecular weight is 286 g/mol. The van der Waals surface area contributed by atoms with Gasteiger partial charge in [0.1, 0.15) is 5.82 Å². The molecule has 2 fully saturated rings. The Bertz CT molecular complexity index is 519. The lowest BCUT2D eigenvalue weighted by Gasteiger charge is -2.43. The van der Waals surface area contributed by atoms with Gasteiger partial charge >= 0.3 is 0 Å². The van der Waals surface area contributed by atoms with Crippen LogP contribution in [0.15, 0.2) is 18.3 Å². The van der Waals surface area contributed by atoms with Crippen molar-refractivity contribution in [2.24, 2.45) is 0 Å². The van der Waals surface area contributed by atoms with Crippen LogP contribution in [0.25, 0.3) is 0 Å². The van der Waals surface area contributed by atoms with Crippen LogP contribution in [0, 0.1) is 11.3 Å². The second-order valence-electron chi connectivity index (χ2n) is 5.96. The first-order valence-corrected chi connectivity index (χ1v) is 7.81. The van der Waals surface area contributed by atoms with Crippen molar-refractivity contribution < 1.29 is 5.11 Å². The maximum Gasteiger partial charge on any atom is 0.129 e. The van der Waals surface area contributed by atoms with Crippen LogP contribution in [-0.4, -0.2) is 53.3 Å². The number of rotatable bonds is 2. The zero-order valence-electron chi connectivity index (χ0n) is 12.3. The van der Waals surface area contributed by atoms with Crippen molar-refractivity contribution in [2.75, 3.05) is 31.1 Å². The molecule has 1 aromatic rings. The van der Waals surface area contributed by atoms with Gasteiger partial charge in [-0.15, -0.1) is 0 Å². The Balaban J connectivity index is 1.61. The largest absolute Gasteiger partial charge is 0.391 e. The number of nitrogens with zero attached hydrogens (tertiary/aromatic N) is 4. The van der Waals surface area contributed by atoms with Gasteiger partial charge in [-0.05, 0) is 25.0 Å². The van der Waals surface area contributed by atoms with E-state index in [0.29, 0.717) is 11.6 Å². The maximum atomic E-state index is 10.2. The molecule has 0 unspecified atom stereocenters. The Morgan fingerprint density at radius 2 is 1.95 bits per heavy atom. The van der Waals surface area contributed by atoms with Crippen LogP contribution in [0.2, 0.25) is 0 Å². The van der Waals surface area contributed by atoms with E-state index in [9.17, 15) is 5.11 Å². The molecule has 0 amide bonds. The highest BCUT2D eigenvalue weighted by Gasteiger charge is 2.31. The maximum absolute atomic E-state index is 10.2. The molecule has 1 aliphatic heterocycles. The van der Waals surface area contributed by atoms with Crippen molar-refractivity contribution in [2.45, 2.75) is 37.8 Å². The van der Waals surface area contributed by atoms with Gasteiger partial charge in [0.05, 0.1) is 17.7 Å². The molecule has 3 rings (SSSR count). The van der Waals surface area contributed by atoms with Gasteiger partial charge in [0, 0.05) is 38.4 Å². The third kappa shape index (κ3) is 3.17. The highest BCUT2D eigenvalue weighted by molar-refractivity contribution is 5.45. The fraction of sp³-hybridized carbons (Fsp3) is 0.625. The molecule has 2 heterocycles. The van der Waals surface area contributed by atoms with Crippen LogP contribution in [-0.2, 0) is 0 Å². The average Bonchev–Trinajstić information content (AvgIpc) is 2.56. The monoisotopic (exact) mass is 286 g/mol. The Morgan fingerprint density at radius 3 is 2.67 bits per heavy atom. The van der Waals surface area contributed by atoms with Gasteiger partial charge < -0.3 is 10.0 Å². The predicted octanol–water partition coefficient (Wildman–Crippen LogP) is 1.38. The van der Waals surface area contributed by atoms with E-state index in [1.165, 1.54) is 6.42 Å². The molecule has 1 aromatic heterocycles. The van der Waals surface area contributed by atoms with Crippen molar-refractivity contribution in [1.82, 2.24) is 9.88 Å². The first-order valence-electron chi connectivity index (χ1n) is 7.81. The molecule has 21 heavy (non-hydrogen) atoms. The second kappa shape index (κ2) is 6.42.